The van der Waals surface area contributed by atoms with E-state index in [0.717, 1.165) is 0 Å². The summed E-state index contributed by atoms with van der Waals surface area (Å²) in [6.07, 6.45) is -2.33. The fourth-order valence-electron chi connectivity index (χ4n) is 2.49. The van der Waals surface area contributed by atoms with Gasteiger partial charge < -0.3 is 24.1 Å². The number of nitrogens with zero attached hydrogens (tertiary/aromatic N) is 1. The molecule has 0 bridgehead atoms. The Morgan fingerprint density at radius 1 is 1.03 bits per heavy atom. The van der Waals surface area contributed by atoms with Gasteiger partial charge in [-0.3, -0.25) is 4.98 Å². The minimum Gasteiger partial charge on any atom is -0.432 e. The van der Waals surface area contributed by atoms with Crippen molar-refractivity contribution in [1.29, 1.82) is 0 Å². The molecule has 0 unspecified atom stereocenters. The number of aliphatic hydroxyl groups is 1. The standard InChI is InChI=1S/C20H22ClNO7/c1-11(2)27-20(25)29-18-13(4)22-12(3)17(28-19(24)26-10-9-23)16(18)14-5-7-15(21)8-6-14/h5-8,11,23H,9-10H2,1-4H3. The number of aryl methyl sites for hydroxylation is 2. The lowest BCUT2D eigenvalue weighted by Gasteiger charge is -2.18. The van der Waals surface area contributed by atoms with Gasteiger partial charge in [0.25, 0.3) is 0 Å². The number of pyridine rings is 1. The molecule has 1 heterocycles. The van der Waals surface area contributed by atoms with Gasteiger partial charge in [0.2, 0.25) is 0 Å². The average Bonchev–Trinajstić information content (AvgIpc) is 2.64. The van der Waals surface area contributed by atoms with Crippen molar-refractivity contribution in [2.45, 2.75) is 33.8 Å². The van der Waals surface area contributed by atoms with Gasteiger partial charge in [-0.2, -0.15) is 0 Å². The summed E-state index contributed by atoms with van der Waals surface area (Å²) < 4.78 is 20.5. The smallest absolute Gasteiger partial charge is 0.432 e. The molecule has 0 aliphatic heterocycles. The van der Waals surface area contributed by atoms with E-state index < -0.39 is 12.3 Å². The summed E-state index contributed by atoms with van der Waals surface area (Å²) in [6.45, 7) is 6.09. The number of hydrogen-bond donors (Lipinski definition) is 1. The summed E-state index contributed by atoms with van der Waals surface area (Å²) in [5.41, 5.74) is 1.65. The predicted octanol–water partition coefficient (Wildman–Crippen LogP) is 4.45. The number of halogens is 1. The molecular weight excluding hydrogens is 402 g/mol. The van der Waals surface area contributed by atoms with Crippen LogP contribution in [0.5, 0.6) is 11.5 Å². The SMILES string of the molecule is Cc1nc(C)c(OC(=O)OC(C)C)c(-c2ccc(Cl)cc2)c1OC(=O)OCCO. The van der Waals surface area contributed by atoms with E-state index in [1.165, 1.54) is 0 Å². The van der Waals surface area contributed by atoms with Crippen LogP contribution in [0.15, 0.2) is 24.3 Å². The van der Waals surface area contributed by atoms with Crippen LogP contribution in [0.2, 0.25) is 5.02 Å². The van der Waals surface area contributed by atoms with Gasteiger partial charge in [0.1, 0.15) is 6.61 Å². The van der Waals surface area contributed by atoms with Gasteiger partial charge >= 0.3 is 12.3 Å². The van der Waals surface area contributed by atoms with Gasteiger partial charge in [-0.05, 0) is 45.4 Å². The largest absolute Gasteiger partial charge is 0.514 e. The number of carbonyl (C=O) groups excluding carboxylic acids is 2. The number of hydrogen-bond acceptors (Lipinski definition) is 8. The van der Waals surface area contributed by atoms with E-state index in [2.05, 4.69) is 4.98 Å². The maximum Gasteiger partial charge on any atom is 0.514 e. The first-order valence-electron chi connectivity index (χ1n) is 8.84. The van der Waals surface area contributed by atoms with Gasteiger partial charge in [0, 0.05) is 5.02 Å². The Hall–Kier alpha value is -2.84. The Bertz CT molecular complexity index is 881. The molecule has 0 atom stereocenters. The van der Waals surface area contributed by atoms with E-state index in [9.17, 15) is 9.59 Å². The first-order chi connectivity index (χ1) is 13.7. The highest BCUT2D eigenvalue weighted by molar-refractivity contribution is 6.30. The lowest BCUT2D eigenvalue weighted by molar-refractivity contribution is 0.0725. The number of benzene rings is 1. The third kappa shape index (κ3) is 6.07. The van der Waals surface area contributed by atoms with E-state index >= 15 is 0 Å². The van der Waals surface area contributed by atoms with Crippen LogP contribution in [0, 0.1) is 13.8 Å². The van der Waals surface area contributed by atoms with Crippen LogP contribution in [0.25, 0.3) is 11.1 Å². The van der Waals surface area contributed by atoms with E-state index in [1.54, 1.807) is 52.0 Å². The van der Waals surface area contributed by atoms with Crippen LogP contribution in [0.3, 0.4) is 0 Å². The molecule has 9 heteroatoms. The zero-order chi connectivity index (χ0) is 21.6. The van der Waals surface area contributed by atoms with Crippen molar-refractivity contribution in [3.63, 3.8) is 0 Å². The maximum absolute atomic E-state index is 12.1. The van der Waals surface area contributed by atoms with Crippen molar-refractivity contribution >= 4 is 23.9 Å². The van der Waals surface area contributed by atoms with Crippen molar-refractivity contribution in [2.24, 2.45) is 0 Å². The second-order valence-corrected chi connectivity index (χ2v) is 6.70. The van der Waals surface area contributed by atoms with E-state index in [1.807, 2.05) is 0 Å². The number of ether oxygens (including phenoxy) is 4. The molecule has 1 aromatic carbocycles. The highest BCUT2D eigenvalue weighted by Gasteiger charge is 2.25. The number of rotatable bonds is 6. The van der Waals surface area contributed by atoms with Crippen LogP contribution in [-0.4, -0.2) is 41.7 Å². The van der Waals surface area contributed by atoms with E-state index in [4.69, 9.17) is 35.7 Å². The molecule has 29 heavy (non-hydrogen) atoms. The minimum atomic E-state index is -1.03. The topological polar surface area (TPSA) is 104 Å². The molecule has 8 nitrogen and oxygen atoms in total. The van der Waals surface area contributed by atoms with E-state index in [0.29, 0.717) is 27.5 Å². The lowest BCUT2D eigenvalue weighted by Crippen LogP contribution is -2.18. The van der Waals surface area contributed by atoms with Gasteiger partial charge in [-0.25, -0.2) is 9.59 Å². The lowest BCUT2D eigenvalue weighted by atomic mass is 10.0. The Labute approximate surface area is 173 Å². The fraction of sp³-hybridized carbons (Fsp3) is 0.350. The molecule has 0 saturated heterocycles. The second-order valence-electron chi connectivity index (χ2n) is 6.27. The molecule has 2 aromatic rings. The Kier molecular flexibility index (Phi) is 7.81. The molecule has 1 aromatic heterocycles. The van der Waals surface area contributed by atoms with Gasteiger partial charge in [-0.15, -0.1) is 0 Å². The summed E-state index contributed by atoms with van der Waals surface area (Å²) in [4.78, 5) is 28.4. The average molecular weight is 424 g/mol. The van der Waals surface area contributed by atoms with Gasteiger partial charge in [-0.1, -0.05) is 23.7 Å². The quantitative estimate of drug-likeness (QED) is 0.679. The van der Waals surface area contributed by atoms with Crippen molar-refractivity contribution in [3.8, 4) is 22.6 Å². The van der Waals surface area contributed by atoms with Crippen LogP contribution in [0.1, 0.15) is 25.2 Å². The third-order valence-corrected chi connectivity index (χ3v) is 3.85. The minimum absolute atomic E-state index is 0.0493. The second kappa shape index (κ2) is 10.1. The summed E-state index contributed by atoms with van der Waals surface area (Å²) >= 11 is 5.98. The van der Waals surface area contributed by atoms with Crippen LogP contribution in [-0.2, 0) is 9.47 Å². The monoisotopic (exact) mass is 423 g/mol. The molecule has 2 rings (SSSR count). The zero-order valence-electron chi connectivity index (χ0n) is 16.5. The maximum atomic E-state index is 12.1. The van der Waals surface area contributed by atoms with Crippen molar-refractivity contribution in [1.82, 2.24) is 4.98 Å². The summed E-state index contributed by atoms with van der Waals surface area (Å²) in [6, 6.07) is 6.66. The van der Waals surface area contributed by atoms with Crippen LogP contribution >= 0.6 is 11.6 Å². The van der Waals surface area contributed by atoms with Crippen molar-refractivity contribution in [3.05, 3.63) is 40.7 Å². The molecule has 0 spiro atoms. The van der Waals surface area contributed by atoms with Crippen molar-refractivity contribution < 1.29 is 33.6 Å². The Balaban J connectivity index is 2.58. The number of aliphatic hydroxyl groups excluding tert-OH is 1. The summed E-state index contributed by atoms with van der Waals surface area (Å²) in [5.74, 6) is 0.127. The first kappa shape index (κ1) is 22.4. The Morgan fingerprint density at radius 3 is 2.10 bits per heavy atom. The summed E-state index contributed by atoms with van der Waals surface area (Å²) in [7, 11) is 0. The molecule has 0 radical (unpaired) electrons. The predicted molar refractivity (Wildman–Crippen MR) is 105 cm³/mol. The zero-order valence-corrected chi connectivity index (χ0v) is 17.3. The molecule has 1 N–H and O–H groups in total. The number of carbonyl (C=O) groups is 2. The van der Waals surface area contributed by atoms with Crippen LogP contribution in [0.4, 0.5) is 9.59 Å². The Morgan fingerprint density at radius 2 is 1.59 bits per heavy atom. The fourth-order valence-corrected chi connectivity index (χ4v) is 2.61. The van der Waals surface area contributed by atoms with Crippen LogP contribution < -0.4 is 9.47 Å². The number of aromatic nitrogens is 1. The van der Waals surface area contributed by atoms with E-state index in [-0.39, 0.29) is 30.8 Å². The molecule has 0 fully saturated rings. The molecule has 0 amide bonds. The van der Waals surface area contributed by atoms with Gasteiger partial charge in [0.05, 0.1) is 29.7 Å². The molecule has 0 aliphatic carbocycles. The summed E-state index contributed by atoms with van der Waals surface area (Å²) in [5, 5.41) is 9.32. The molecular formula is C20H22ClNO7. The highest BCUT2D eigenvalue weighted by atomic mass is 35.5. The molecule has 0 saturated carbocycles. The van der Waals surface area contributed by atoms with Gasteiger partial charge in [0.15, 0.2) is 11.5 Å². The normalized spacial score (nSPS) is 10.6. The molecule has 156 valence electrons. The molecule has 0 aliphatic rings. The highest BCUT2D eigenvalue weighted by Crippen LogP contribution is 2.42. The van der Waals surface area contributed by atoms with Crippen molar-refractivity contribution in [2.75, 3.05) is 13.2 Å². The first-order valence-corrected chi connectivity index (χ1v) is 9.21. The third-order valence-electron chi connectivity index (χ3n) is 3.59.